The van der Waals surface area contributed by atoms with Gasteiger partial charge in [-0.25, -0.2) is 0 Å². The van der Waals surface area contributed by atoms with Crippen molar-refractivity contribution in [2.45, 2.75) is 31.5 Å². The van der Waals surface area contributed by atoms with Crippen molar-refractivity contribution in [3.63, 3.8) is 0 Å². The summed E-state index contributed by atoms with van der Waals surface area (Å²) in [5, 5.41) is 13.6. The van der Waals surface area contributed by atoms with Crippen molar-refractivity contribution in [2.75, 3.05) is 19.7 Å². The molecule has 1 atom stereocenters. The minimum absolute atomic E-state index is 0.0310. The Balaban J connectivity index is 2.10. The number of halogens is 1. The molecule has 0 aromatic heterocycles. The van der Waals surface area contributed by atoms with Crippen LogP contribution in [0.5, 0.6) is 0 Å². The van der Waals surface area contributed by atoms with Crippen molar-refractivity contribution < 1.29 is 9.84 Å². The molecule has 2 heterocycles. The SMILES string of the molecule is Cc1cc2c(cc1Cl)C1(CCNCC1)OC2CO. The topological polar surface area (TPSA) is 41.5 Å². The van der Waals surface area contributed by atoms with E-state index in [-0.39, 0.29) is 18.3 Å². The number of hydrogen-bond acceptors (Lipinski definition) is 3. The fraction of sp³-hybridized carbons (Fsp3) is 0.571. The van der Waals surface area contributed by atoms with Crippen LogP contribution in [0.1, 0.15) is 35.6 Å². The second-order valence-electron chi connectivity index (χ2n) is 5.22. The first-order chi connectivity index (χ1) is 8.66. The average Bonchev–Trinajstić information content (AvgIpc) is 2.66. The lowest BCUT2D eigenvalue weighted by Crippen LogP contribution is -2.39. The van der Waals surface area contributed by atoms with E-state index >= 15 is 0 Å². The highest BCUT2D eigenvalue weighted by Crippen LogP contribution is 2.49. The van der Waals surface area contributed by atoms with Gasteiger partial charge in [0.15, 0.2) is 0 Å². The van der Waals surface area contributed by atoms with Crippen LogP contribution >= 0.6 is 11.6 Å². The molecule has 1 fully saturated rings. The second-order valence-corrected chi connectivity index (χ2v) is 5.63. The Morgan fingerprint density at radius 2 is 2.17 bits per heavy atom. The molecule has 2 aliphatic heterocycles. The van der Waals surface area contributed by atoms with Crippen molar-refractivity contribution in [3.8, 4) is 0 Å². The number of aliphatic hydroxyl groups excluding tert-OH is 1. The summed E-state index contributed by atoms with van der Waals surface area (Å²) in [4.78, 5) is 0. The molecule has 1 saturated heterocycles. The number of nitrogens with one attached hydrogen (secondary N) is 1. The maximum atomic E-state index is 9.51. The lowest BCUT2D eigenvalue weighted by atomic mass is 9.83. The summed E-state index contributed by atoms with van der Waals surface area (Å²) in [5.41, 5.74) is 3.09. The van der Waals surface area contributed by atoms with Crippen LogP contribution in [0.2, 0.25) is 5.02 Å². The maximum Gasteiger partial charge on any atom is 0.107 e. The Morgan fingerprint density at radius 3 is 2.83 bits per heavy atom. The maximum absolute atomic E-state index is 9.51. The lowest BCUT2D eigenvalue weighted by Gasteiger charge is -2.34. The van der Waals surface area contributed by atoms with E-state index in [9.17, 15) is 5.11 Å². The molecule has 1 aromatic rings. The zero-order valence-electron chi connectivity index (χ0n) is 10.5. The predicted octanol–water partition coefficient (Wildman–Crippen LogP) is 2.29. The van der Waals surface area contributed by atoms with E-state index in [1.54, 1.807) is 0 Å². The van der Waals surface area contributed by atoms with E-state index < -0.39 is 0 Å². The summed E-state index contributed by atoms with van der Waals surface area (Å²) in [6, 6.07) is 4.10. The van der Waals surface area contributed by atoms with Crippen LogP contribution < -0.4 is 5.32 Å². The van der Waals surface area contributed by atoms with Gasteiger partial charge in [0.2, 0.25) is 0 Å². The van der Waals surface area contributed by atoms with E-state index in [1.165, 1.54) is 5.56 Å². The monoisotopic (exact) mass is 267 g/mol. The molecule has 0 amide bonds. The van der Waals surface area contributed by atoms with Crippen LogP contribution in [0.3, 0.4) is 0 Å². The Kier molecular flexibility index (Phi) is 3.10. The van der Waals surface area contributed by atoms with Gasteiger partial charge >= 0.3 is 0 Å². The van der Waals surface area contributed by atoms with Crippen molar-refractivity contribution in [2.24, 2.45) is 0 Å². The van der Waals surface area contributed by atoms with Gasteiger partial charge in [-0.3, -0.25) is 0 Å². The van der Waals surface area contributed by atoms with Gasteiger partial charge in [-0.15, -0.1) is 0 Å². The Labute approximate surface area is 112 Å². The molecule has 1 spiro atoms. The smallest absolute Gasteiger partial charge is 0.107 e. The van der Waals surface area contributed by atoms with Crippen molar-refractivity contribution in [3.05, 3.63) is 33.8 Å². The highest BCUT2D eigenvalue weighted by molar-refractivity contribution is 6.31. The standard InChI is InChI=1S/C14H18ClNO2/c1-9-6-10-11(7-12(9)15)14(18-13(10)8-17)2-4-16-5-3-14/h6-7,13,16-17H,2-5,8H2,1H3. The first-order valence-corrected chi connectivity index (χ1v) is 6.84. The van der Waals surface area contributed by atoms with Crippen LogP contribution in [0.4, 0.5) is 0 Å². The molecule has 0 aliphatic carbocycles. The van der Waals surface area contributed by atoms with Gasteiger partial charge in [0.1, 0.15) is 6.10 Å². The van der Waals surface area contributed by atoms with Gasteiger partial charge in [0.05, 0.1) is 12.2 Å². The quantitative estimate of drug-likeness (QED) is 0.820. The third-order valence-electron chi connectivity index (χ3n) is 4.11. The third kappa shape index (κ3) is 1.77. The number of piperidine rings is 1. The van der Waals surface area contributed by atoms with Crippen molar-refractivity contribution >= 4 is 11.6 Å². The first-order valence-electron chi connectivity index (χ1n) is 6.46. The number of aryl methyl sites for hydroxylation is 1. The van der Waals surface area contributed by atoms with Crippen molar-refractivity contribution in [1.82, 2.24) is 5.32 Å². The summed E-state index contributed by atoms with van der Waals surface area (Å²) in [6.45, 7) is 3.92. The fourth-order valence-corrected chi connectivity index (χ4v) is 3.28. The number of rotatable bonds is 1. The van der Waals surface area contributed by atoms with Gasteiger partial charge in [0, 0.05) is 5.02 Å². The first kappa shape index (κ1) is 12.4. The molecular formula is C14H18ClNO2. The Hall–Kier alpha value is -0.610. The van der Waals surface area contributed by atoms with Crippen LogP contribution in [0, 0.1) is 6.92 Å². The Bertz CT molecular complexity index is 469. The van der Waals surface area contributed by atoms with Gasteiger partial charge < -0.3 is 15.2 Å². The van der Waals surface area contributed by atoms with Crippen molar-refractivity contribution in [1.29, 1.82) is 0 Å². The average molecular weight is 268 g/mol. The zero-order chi connectivity index (χ0) is 12.8. The molecular weight excluding hydrogens is 250 g/mol. The number of aliphatic hydroxyl groups is 1. The molecule has 3 rings (SSSR count). The van der Waals surface area contributed by atoms with E-state index in [0.717, 1.165) is 42.1 Å². The number of hydrogen-bond donors (Lipinski definition) is 2. The molecule has 0 radical (unpaired) electrons. The summed E-state index contributed by atoms with van der Waals surface area (Å²) in [5.74, 6) is 0. The van der Waals surface area contributed by atoms with Crippen LogP contribution in [-0.4, -0.2) is 24.8 Å². The second kappa shape index (κ2) is 4.49. The molecule has 4 heteroatoms. The summed E-state index contributed by atoms with van der Waals surface area (Å²) in [7, 11) is 0. The molecule has 98 valence electrons. The lowest BCUT2D eigenvalue weighted by molar-refractivity contribution is -0.109. The fourth-order valence-electron chi connectivity index (χ4n) is 3.12. The van der Waals surface area contributed by atoms with Gasteiger partial charge in [0.25, 0.3) is 0 Å². The summed E-state index contributed by atoms with van der Waals surface area (Å²) in [6.07, 6.45) is 1.68. The third-order valence-corrected chi connectivity index (χ3v) is 4.52. The van der Waals surface area contributed by atoms with E-state index in [0.29, 0.717) is 0 Å². The number of benzene rings is 1. The van der Waals surface area contributed by atoms with Crippen LogP contribution in [0.15, 0.2) is 12.1 Å². The molecule has 18 heavy (non-hydrogen) atoms. The molecule has 2 aliphatic rings. The number of ether oxygens (including phenoxy) is 1. The van der Waals surface area contributed by atoms with E-state index in [1.807, 2.05) is 13.0 Å². The van der Waals surface area contributed by atoms with Gasteiger partial charge in [-0.2, -0.15) is 0 Å². The van der Waals surface area contributed by atoms with Gasteiger partial charge in [-0.05, 0) is 55.6 Å². The van der Waals surface area contributed by atoms with E-state index in [2.05, 4.69) is 11.4 Å². The highest BCUT2D eigenvalue weighted by Gasteiger charge is 2.45. The van der Waals surface area contributed by atoms with Crippen LogP contribution in [0.25, 0.3) is 0 Å². The van der Waals surface area contributed by atoms with E-state index in [4.69, 9.17) is 16.3 Å². The van der Waals surface area contributed by atoms with Crippen LogP contribution in [-0.2, 0) is 10.3 Å². The predicted molar refractivity (Wildman–Crippen MR) is 70.9 cm³/mol. The zero-order valence-corrected chi connectivity index (χ0v) is 11.3. The molecule has 1 unspecified atom stereocenters. The minimum Gasteiger partial charge on any atom is -0.393 e. The minimum atomic E-state index is -0.245. The molecule has 0 bridgehead atoms. The molecule has 0 saturated carbocycles. The molecule has 1 aromatic carbocycles. The largest absolute Gasteiger partial charge is 0.393 e. The van der Waals surface area contributed by atoms with Gasteiger partial charge in [-0.1, -0.05) is 17.7 Å². The molecule has 2 N–H and O–H groups in total. The highest BCUT2D eigenvalue weighted by atomic mass is 35.5. The summed E-state index contributed by atoms with van der Waals surface area (Å²) >= 11 is 6.25. The molecule has 3 nitrogen and oxygen atoms in total. The summed E-state index contributed by atoms with van der Waals surface area (Å²) < 4.78 is 6.17. The normalized spacial score (nSPS) is 25.4. The number of fused-ring (bicyclic) bond motifs is 2. The Morgan fingerprint density at radius 1 is 1.44 bits per heavy atom.